The van der Waals surface area contributed by atoms with Gasteiger partial charge in [-0.05, 0) is 85.0 Å². The molecule has 5 atom stereocenters. The zero-order chi connectivity index (χ0) is 27.2. The van der Waals surface area contributed by atoms with Crippen LogP contribution in [0.4, 0.5) is 4.79 Å². The van der Waals surface area contributed by atoms with E-state index in [0.29, 0.717) is 23.5 Å². The van der Waals surface area contributed by atoms with Gasteiger partial charge in [0.1, 0.15) is 5.75 Å². The molecule has 0 aliphatic heterocycles. The van der Waals surface area contributed by atoms with Crippen LogP contribution in [-0.2, 0) is 20.3 Å². The van der Waals surface area contributed by atoms with Gasteiger partial charge >= 0.3 is 21.3 Å². The van der Waals surface area contributed by atoms with Crippen LogP contribution < -0.4 is 15.4 Å². The van der Waals surface area contributed by atoms with Crippen LogP contribution in [0, 0.1) is 17.3 Å². The molecule has 206 valence electrons. The number of benzene rings is 1. The Kier molecular flexibility index (Phi) is 7.95. The SMILES string of the molecule is C[C@]12CCC3c4ccc(OC(=O)NCCC(=O)NC(P(=O)(O)O)P(=O)(O)O)cc4CCC3C1CC[C@@H]2O. The third kappa shape index (κ3) is 5.96. The van der Waals surface area contributed by atoms with Gasteiger partial charge < -0.3 is 40.1 Å². The van der Waals surface area contributed by atoms with Crippen molar-refractivity contribution < 1.29 is 48.1 Å². The van der Waals surface area contributed by atoms with E-state index in [1.54, 1.807) is 11.4 Å². The van der Waals surface area contributed by atoms with E-state index in [1.807, 2.05) is 12.1 Å². The van der Waals surface area contributed by atoms with Gasteiger partial charge in [0.15, 0.2) is 0 Å². The van der Waals surface area contributed by atoms with Crippen molar-refractivity contribution in [1.29, 1.82) is 0 Å². The molecule has 0 saturated heterocycles. The Balaban J connectivity index is 1.30. The summed E-state index contributed by atoms with van der Waals surface area (Å²) in [6.07, 6.45) is 4.30. The molecule has 37 heavy (non-hydrogen) atoms. The van der Waals surface area contributed by atoms with Gasteiger partial charge in [0.25, 0.3) is 0 Å². The van der Waals surface area contributed by atoms with Crippen LogP contribution in [0.3, 0.4) is 0 Å². The topological polar surface area (TPSA) is 203 Å². The molecule has 0 spiro atoms. The summed E-state index contributed by atoms with van der Waals surface area (Å²) in [5.41, 5.74) is -0.238. The highest BCUT2D eigenvalue weighted by Crippen LogP contribution is 2.61. The average molecular weight is 560 g/mol. The van der Waals surface area contributed by atoms with Crippen molar-refractivity contribution in [2.24, 2.45) is 17.3 Å². The molecule has 0 aromatic heterocycles. The van der Waals surface area contributed by atoms with Crippen LogP contribution >= 0.6 is 15.2 Å². The smallest absolute Gasteiger partial charge is 0.410 e. The average Bonchev–Trinajstić information content (AvgIpc) is 3.10. The summed E-state index contributed by atoms with van der Waals surface area (Å²) in [5.74, 6) is 0.781. The number of nitrogens with one attached hydrogen (secondary N) is 2. The van der Waals surface area contributed by atoms with Gasteiger partial charge in [-0.2, -0.15) is 0 Å². The molecular formula is C23H34N2O10P2. The molecule has 0 radical (unpaired) electrons. The van der Waals surface area contributed by atoms with Crippen molar-refractivity contribution in [1.82, 2.24) is 10.6 Å². The third-order valence-corrected chi connectivity index (χ3v) is 11.7. The Labute approximate surface area is 214 Å². The van der Waals surface area contributed by atoms with Gasteiger partial charge in [-0.1, -0.05) is 13.0 Å². The first-order valence-electron chi connectivity index (χ1n) is 12.4. The Bertz CT molecular complexity index is 1130. The van der Waals surface area contributed by atoms with Gasteiger partial charge in [0, 0.05) is 13.0 Å². The molecule has 3 unspecified atom stereocenters. The van der Waals surface area contributed by atoms with E-state index < -0.39 is 39.1 Å². The minimum Gasteiger partial charge on any atom is -0.410 e. The predicted octanol–water partition coefficient (Wildman–Crippen LogP) is 2.14. The zero-order valence-electron chi connectivity index (χ0n) is 20.4. The fourth-order valence-corrected chi connectivity index (χ4v) is 8.79. The number of aliphatic hydroxyl groups excluding tert-OH is 1. The number of hydrogen-bond acceptors (Lipinski definition) is 6. The van der Waals surface area contributed by atoms with Crippen LogP contribution in [0.5, 0.6) is 5.75 Å². The van der Waals surface area contributed by atoms with Crippen molar-refractivity contribution in [3.8, 4) is 5.75 Å². The van der Waals surface area contributed by atoms with Crippen molar-refractivity contribution >= 4 is 27.2 Å². The zero-order valence-corrected chi connectivity index (χ0v) is 22.2. The molecule has 2 amide bonds. The lowest BCUT2D eigenvalue weighted by Gasteiger charge is -2.50. The van der Waals surface area contributed by atoms with Gasteiger partial charge in [0.05, 0.1) is 6.10 Å². The van der Waals surface area contributed by atoms with E-state index >= 15 is 0 Å². The first-order valence-corrected chi connectivity index (χ1v) is 15.7. The van der Waals surface area contributed by atoms with Crippen molar-refractivity contribution in [3.05, 3.63) is 29.3 Å². The summed E-state index contributed by atoms with van der Waals surface area (Å²) in [6.45, 7) is 1.95. The second-order valence-corrected chi connectivity index (χ2v) is 14.4. The molecular weight excluding hydrogens is 526 g/mol. The lowest BCUT2D eigenvalue weighted by Crippen LogP contribution is -2.43. The standard InChI is InChI=1S/C23H34N2O10P2/c1-23-10-8-16-15-5-3-14(12-13(15)2-4-17(16)18(23)6-7-19(23)26)35-21(28)24-11-9-20(27)25-22(36(29,30)31)37(32,33)34/h3,5,12,16-19,22,26H,2,4,6-11H2,1H3,(H,24,28)(H,25,27)(H2,29,30,31)(H2,32,33,34)/t16?,17?,18?,19-,23-/m0/s1. The van der Waals surface area contributed by atoms with Crippen molar-refractivity contribution in [2.75, 3.05) is 6.54 Å². The second kappa shape index (κ2) is 10.4. The number of carbonyl (C=O) groups excluding carboxylic acids is 2. The van der Waals surface area contributed by atoms with Crippen molar-refractivity contribution in [2.45, 2.75) is 69.4 Å². The largest absolute Gasteiger partial charge is 0.412 e. The van der Waals surface area contributed by atoms with E-state index in [1.165, 1.54) is 5.56 Å². The Morgan fingerprint density at radius 3 is 2.49 bits per heavy atom. The molecule has 3 aliphatic carbocycles. The Morgan fingerprint density at radius 2 is 1.81 bits per heavy atom. The highest BCUT2D eigenvalue weighted by molar-refractivity contribution is 7.70. The summed E-state index contributed by atoms with van der Waals surface area (Å²) in [7, 11) is -10.6. The van der Waals surface area contributed by atoms with E-state index in [2.05, 4.69) is 12.2 Å². The normalized spacial score (nSPS) is 29.2. The lowest BCUT2D eigenvalue weighted by molar-refractivity contribution is -0.121. The minimum absolute atomic E-state index is 0.00330. The molecule has 2 fully saturated rings. The van der Waals surface area contributed by atoms with Crippen LogP contribution in [0.1, 0.15) is 62.5 Å². The van der Waals surface area contributed by atoms with Gasteiger partial charge in [-0.15, -0.1) is 0 Å². The maximum absolute atomic E-state index is 12.2. The van der Waals surface area contributed by atoms with Gasteiger partial charge in [-0.25, -0.2) is 4.79 Å². The second-order valence-electron chi connectivity index (χ2n) is 10.6. The molecule has 14 heteroatoms. The number of amides is 2. The van der Waals surface area contributed by atoms with E-state index in [9.17, 15) is 23.8 Å². The van der Waals surface area contributed by atoms with Crippen LogP contribution in [0.2, 0.25) is 0 Å². The minimum atomic E-state index is -5.30. The number of fused-ring (bicyclic) bond motifs is 5. The monoisotopic (exact) mass is 560 g/mol. The van der Waals surface area contributed by atoms with Gasteiger partial charge in [0.2, 0.25) is 11.4 Å². The molecule has 0 bridgehead atoms. The van der Waals surface area contributed by atoms with Crippen LogP contribution in [0.25, 0.3) is 0 Å². The predicted molar refractivity (Wildman–Crippen MR) is 132 cm³/mol. The Morgan fingerprint density at radius 1 is 1.11 bits per heavy atom. The number of ether oxygens (including phenoxy) is 1. The summed E-state index contributed by atoms with van der Waals surface area (Å²) in [6, 6.07) is 5.58. The maximum Gasteiger partial charge on any atom is 0.412 e. The summed E-state index contributed by atoms with van der Waals surface area (Å²) in [5, 5.41) is 14.5. The molecule has 3 aliphatic rings. The number of hydrogen-bond donors (Lipinski definition) is 7. The number of aliphatic hydroxyl groups is 1. The van der Waals surface area contributed by atoms with E-state index in [4.69, 9.17) is 24.3 Å². The van der Waals surface area contributed by atoms with Crippen molar-refractivity contribution in [3.63, 3.8) is 0 Å². The number of rotatable bonds is 7. The fourth-order valence-electron chi connectivity index (χ4n) is 6.60. The van der Waals surface area contributed by atoms with Crippen LogP contribution in [0.15, 0.2) is 18.2 Å². The number of carbonyl (C=O) groups is 2. The highest BCUT2D eigenvalue weighted by Gasteiger charge is 2.54. The fraction of sp³-hybridized carbons (Fsp3) is 0.652. The molecule has 7 N–H and O–H groups in total. The first-order chi connectivity index (χ1) is 17.2. The van der Waals surface area contributed by atoms with E-state index in [-0.39, 0.29) is 18.1 Å². The number of aryl methyl sites for hydroxylation is 1. The summed E-state index contributed by atoms with van der Waals surface area (Å²) in [4.78, 5) is 60.3. The molecule has 1 aromatic rings. The molecule has 4 rings (SSSR count). The highest BCUT2D eigenvalue weighted by atomic mass is 31.2. The lowest BCUT2D eigenvalue weighted by atomic mass is 9.55. The summed E-state index contributed by atoms with van der Waals surface area (Å²) >= 11 is 0. The molecule has 1 aromatic carbocycles. The third-order valence-electron chi connectivity index (χ3n) is 8.41. The quantitative estimate of drug-likeness (QED) is 0.242. The maximum atomic E-state index is 12.2. The van der Waals surface area contributed by atoms with Crippen LogP contribution in [-0.4, -0.2) is 54.9 Å². The first kappa shape index (κ1) is 28.2. The summed E-state index contributed by atoms with van der Waals surface area (Å²) < 4.78 is 27.8. The molecule has 2 saturated carbocycles. The Hall–Kier alpha value is -1.78. The molecule has 12 nitrogen and oxygen atoms in total. The molecule has 0 heterocycles. The van der Waals surface area contributed by atoms with E-state index in [0.717, 1.165) is 44.1 Å². The van der Waals surface area contributed by atoms with Gasteiger partial charge in [-0.3, -0.25) is 13.9 Å².